The zero-order valence-electron chi connectivity index (χ0n) is 17.4. The van der Waals surface area contributed by atoms with Gasteiger partial charge >= 0.3 is 5.97 Å². The van der Waals surface area contributed by atoms with Gasteiger partial charge in [-0.2, -0.15) is 0 Å². The molecule has 1 N–H and O–H groups in total. The van der Waals surface area contributed by atoms with E-state index in [1.807, 2.05) is 31.2 Å². The molecule has 0 radical (unpaired) electrons. The monoisotopic (exact) mass is 423 g/mol. The highest BCUT2D eigenvalue weighted by atomic mass is 32.1. The van der Waals surface area contributed by atoms with Crippen molar-refractivity contribution in [3.05, 3.63) is 57.7 Å². The second-order valence-corrected chi connectivity index (χ2v) is 8.89. The van der Waals surface area contributed by atoms with Crippen molar-refractivity contribution in [3.63, 3.8) is 0 Å². The van der Waals surface area contributed by atoms with Crippen LogP contribution >= 0.6 is 11.3 Å². The molecule has 4 rings (SSSR count). The molecule has 5 nitrogen and oxygen atoms in total. The third-order valence-corrected chi connectivity index (χ3v) is 6.49. The number of carbonyl (C=O) groups excluding carboxylic acids is 2. The Balaban J connectivity index is 1.56. The van der Waals surface area contributed by atoms with E-state index in [2.05, 4.69) is 12.2 Å². The predicted molar refractivity (Wildman–Crippen MR) is 120 cm³/mol. The SMILES string of the molecule is CCOC(=O)c1c(NC(=O)/C=C/c2cc3ccc(C)cc3o2)sc2c1CC[C@@H](C)C2. The average molecular weight is 424 g/mol. The van der Waals surface area contributed by atoms with Gasteiger partial charge in [-0.05, 0) is 68.4 Å². The topological polar surface area (TPSA) is 68.5 Å². The van der Waals surface area contributed by atoms with E-state index in [1.165, 1.54) is 22.3 Å². The van der Waals surface area contributed by atoms with Crippen molar-refractivity contribution < 1.29 is 18.7 Å². The highest BCUT2D eigenvalue weighted by Gasteiger charge is 2.28. The lowest BCUT2D eigenvalue weighted by atomic mass is 9.88. The molecule has 3 aromatic rings. The maximum atomic E-state index is 12.6. The van der Waals surface area contributed by atoms with Gasteiger partial charge in [-0.15, -0.1) is 11.3 Å². The minimum Gasteiger partial charge on any atom is -0.462 e. The van der Waals surface area contributed by atoms with Gasteiger partial charge in [0.05, 0.1) is 12.2 Å². The molecule has 30 heavy (non-hydrogen) atoms. The molecule has 1 aliphatic carbocycles. The Kier molecular flexibility index (Phi) is 5.77. The maximum absolute atomic E-state index is 12.6. The summed E-state index contributed by atoms with van der Waals surface area (Å²) in [6.45, 7) is 6.31. The average Bonchev–Trinajstić information content (AvgIpc) is 3.26. The molecule has 0 unspecified atom stereocenters. The van der Waals surface area contributed by atoms with Crippen LogP contribution in [0.3, 0.4) is 0 Å². The van der Waals surface area contributed by atoms with E-state index < -0.39 is 0 Å². The van der Waals surface area contributed by atoms with Crippen LogP contribution in [0.4, 0.5) is 5.00 Å². The Labute approximate surface area is 179 Å². The molecule has 0 bridgehead atoms. The van der Waals surface area contributed by atoms with Gasteiger partial charge in [-0.3, -0.25) is 4.79 Å². The van der Waals surface area contributed by atoms with Crippen LogP contribution in [0.15, 0.2) is 34.8 Å². The lowest BCUT2D eigenvalue weighted by Crippen LogP contribution is -2.15. The van der Waals surface area contributed by atoms with Gasteiger partial charge in [0, 0.05) is 16.3 Å². The van der Waals surface area contributed by atoms with Crippen molar-refractivity contribution >= 4 is 45.3 Å². The number of nitrogens with one attached hydrogen (secondary N) is 1. The first-order chi connectivity index (χ1) is 14.4. The summed E-state index contributed by atoms with van der Waals surface area (Å²) in [5.74, 6) is 0.516. The molecule has 1 aliphatic rings. The Morgan fingerprint density at radius 3 is 2.97 bits per heavy atom. The molecule has 0 saturated heterocycles. The van der Waals surface area contributed by atoms with Crippen LogP contribution in [0.1, 0.15) is 52.4 Å². The smallest absolute Gasteiger partial charge is 0.341 e. The number of thiophene rings is 1. The minimum absolute atomic E-state index is 0.302. The summed E-state index contributed by atoms with van der Waals surface area (Å²) < 4.78 is 11.0. The number of benzene rings is 1. The van der Waals surface area contributed by atoms with Gasteiger partial charge in [0.2, 0.25) is 5.91 Å². The molecule has 0 spiro atoms. The third-order valence-electron chi connectivity index (χ3n) is 5.32. The minimum atomic E-state index is -0.364. The molecule has 1 amide bonds. The number of fused-ring (bicyclic) bond motifs is 2. The van der Waals surface area contributed by atoms with Crippen molar-refractivity contribution in [1.82, 2.24) is 0 Å². The van der Waals surface area contributed by atoms with Gasteiger partial charge in [-0.1, -0.05) is 19.1 Å². The summed E-state index contributed by atoms with van der Waals surface area (Å²) >= 11 is 1.49. The first kappa shape index (κ1) is 20.4. The van der Waals surface area contributed by atoms with Crippen molar-refractivity contribution in [1.29, 1.82) is 0 Å². The van der Waals surface area contributed by atoms with Crippen LogP contribution in [0.5, 0.6) is 0 Å². The number of ether oxygens (including phenoxy) is 1. The summed E-state index contributed by atoms with van der Waals surface area (Å²) in [7, 11) is 0. The van der Waals surface area contributed by atoms with Gasteiger partial charge in [0.25, 0.3) is 0 Å². The van der Waals surface area contributed by atoms with Crippen molar-refractivity contribution in [3.8, 4) is 0 Å². The number of rotatable bonds is 5. The van der Waals surface area contributed by atoms with E-state index in [0.29, 0.717) is 28.8 Å². The number of hydrogen-bond donors (Lipinski definition) is 1. The van der Waals surface area contributed by atoms with Crippen LogP contribution in [-0.2, 0) is 22.4 Å². The molecule has 0 fully saturated rings. The zero-order chi connectivity index (χ0) is 21.3. The number of aryl methyl sites for hydroxylation is 1. The zero-order valence-corrected chi connectivity index (χ0v) is 18.2. The number of anilines is 1. The first-order valence-corrected chi connectivity index (χ1v) is 11.1. The number of carbonyl (C=O) groups is 2. The second kappa shape index (κ2) is 8.48. The van der Waals surface area contributed by atoms with Crippen molar-refractivity contribution in [2.75, 3.05) is 11.9 Å². The van der Waals surface area contributed by atoms with E-state index in [-0.39, 0.29) is 11.9 Å². The highest BCUT2D eigenvalue weighted by Crippen LogP contribution is 2.40. The molecule has 0 saturated carbocycles. The Bertz CT molecular complexity index is 1140. The first-order valence-electron chi connectivity index (χ1n) is 10.3. The van der Waals surface area contributed by atoms with Crippen LogP contribution in [0.2, 0.25) is 0 Å². The number of furan rings is 1. The molecular formula is C24H25NO4S. The largest absolute Gasteiger partial charge is 0.462 e. The number of hydrogen-bond acceptors (Lipinski definition) is 5. The van der Waals surface area contributed by atoms with Gasteiger partial charge in [0.1, 0.15) is 16.3 Å². The Morgan fingerprint density at radius 1 is 1.33 bits per heavy atom. The summed E-state index contributed by atoms with van der Waals surface area (Å²) in [5.41, 5.74) is 3.46. The van der Waals surface area contributed by atoms with Crippen LogP contribution in [0.25, 0.3) is 17.0 Å². The van der Waals surface area contributed by atoms with Crippen molar-refractivity contribution in [2.24, 2.45) is 5.92 Å². The fourth-order valence-corrected chi connectivity index (χ4v) is 5.21. The molecule has 2 heterocycles. The van der Waals surface area contributed by atoms with E-state index >= 15 is 0 Å². The van der Waals surface area contributed by atoms with Crippen LogP contribution in [-0.4, -0.2) is 18.5 Å². The molecule has 0 aliphatic heterocycles. The predicted octanol–water partition coefficient (Wildman–Crippen LogP) is 5.76. The molecule has 2 aromatic heterocycles. The Hall–Kier alpha value is -2.86. The number of esters is 1. The lowest BCUT2D eigenvalue weighted by Gasteiger charge is -2.18. The fraction of sp³-hybridized carbons (Fsp3) is 0.333. The Morgan fingerprint density at radius 2 is 2.17 bits per heavy atom. The highest BCUT2D eigenvalue weighted by molar-refractivity contribution is 7.17. The van der Waals surface area contributed by atoms with Crippen LogP contribution < -0.4 is 5.32 Å². The molecule has 1 atom stereocenters. The molecule has 156 valence electrons. The van der Waals surface area contributed by atoms with E-state index in [0.717, 1.165) is 41.4 Å². The van der Waals surface area contributed by atoms with Gasteiger partial charge in [0.15, 0.2) is 0 Å². The molecule has 1 aromatic carbocycles. The van der Waals surface area contributed by atoms with Gasteiger partial charge < -0.3 is 14.5 Å². The van der Waals surface area contributed by atoms with Crippen LogP contribution in [0, 0.1) is 12.8 Å². The lowest BCUT2D eigenvalue weighted by molar-refractivity contribution is -0.111. The van der Waals surface area contributed by atoms with Crippen molar-refractivity contribution in [2.45, 2.75) is 40.0 Å². The van der Waals surface area contributed by atoms with Gasteiger partial charge in [-0.25, -0.2) is 4.79 Å². The van der Waals surface area contributed by atoms with E-state index in [4.69, 9.17) is 9.15 Å². The second-order valence-electron chi connectivity index (χ2n) is 7.79. The summed E-state index contributed by atoms with van der Waals surface area (Å²) in [6, 6.07) is 7.88. The third kappa shape index (κ3) is 4.19. The summed E-state index contributed by atoms with van der Waals surface area (Å²) in [4.78, 5) is 26.3. The summed E-state index contributed by atoms with van der Waals surface area (Å²) in [6.07, 6.45) is 5.88. The summed E-state index contributed by atoms with van der Waals surface area (Å²) in [5, 5.41) is 4.45. The quantitative estimate of drug-likeness (QED) is 0.419. The standard InChI is InChI=1S/C24H25NO4S/c1-4-28-24(27)22-18-9-6-15(3)12-20(18)30-23(22)25-21(26)10-8-17-13-16-7-5-14(2)11-19(16)29-17/h5,7-8,10-11,13,15H,4,6,9,12H2,1-3H3,(H,25,26)/b10-8+/t15-/m1/s1. The number of amides is 1. The normalized spacial score (nSPS) is 16.0. The maximum Gasteiger partial charge on any atom is 0.341 e. The molecule has 6 heteroatoms. The molecular weight excluding hydrogens is 398 g/mol. The fourth-order valence-electron chi connectivity index (χ4n) is 3.81. The van der Waals surface area contributed by atoms with E-state index in [9.17, 15) is 9.59 Å². The van der Waals surface area contributed by atoms with E-state index in [1.54, 1.807) is 13.0 Å².